The molecule has 0 aliphatic rings. The molecule has 0 fully saturated rings. The van der Waals surface area contributed by atoms with Crippen LogP contribution < -0.4 is 0 Å². The summed E-state index contributed by atoms with van der Waals surface area (Å²) in [5.41, 5.74) is 0.715. The van der Waals surface area contributed by atoms with Crippen LogP contribution in [0.15, 0.2) is 12.7 Å². The zero-order valence-electron chi connectivity index (χ0n) is 11.4. The quantitative estimate of drug-likeness (QED) is 0.364. The summed E-state index contributed by atoms with van der Waals surface area (Å²) in [5, 5.41) is 0. The van der Waals surface area contributed by atoms with Gasteiger partial charge in [0.2, 0.25) is 0 Å². The van der Waals surface area contributed by atoms with E-state index in [1.807, 2.05) is 11.8 Å². The van der Waals surface area contributed by atoms with E-state index in [9.17, 15) is 0 Å². The van der Waals surface area contributed by atoms with E-state index in [2.05, 4.69) is 61.7 Å². The van der Waals surface area contributed by atoms with E-state index in [-0.39, 0.29) is 0 Å². The number of unbranched alkanes of at least 4 members (excludes halogenated alkanes) is 1. The Morgan fingerprint density at radius 1 is 1.44 bits per heavy atom. The average molecular weight is 321 g/mol. The van der Waals surface area contributed by atoms with Gasteiger partial charge in [0, 0.05) is 0 Å². The zero-order chi connectivity index (χ0) is 12.8. The molecule has 3 heteroatoms. The Labute approximate surface area is 115 Å². The molecule has 0 heterocycles. The van der Waals surface area contributed by atoms with Gasteiger partial charge in [-0.2, -0.15) is 0 Å². The van der Waals surface area contributed by atoms with Gasteiger partial charge in [-0.25, -0.2) is 0 Å². The van der Waals surface area contributed by atoms with Gasteiger partial charge >= 0.3 is 115 Å². The third-order valence-electron chi connectivity index (χ3n) is 2.83. The van der Waals surface area contributed by atoms with E-state index in [4.69, 9.17) is 0 Å². The Kier molecular flexibility index (Phi) is 8.26. The van der Waals surface area contributed by atoms with E-state index in [0.717, 1.165) is 0 Å². The van der Waals surface area contributed by atoms with Crippen molar-refractivity contribution in [2.75, 3.05) is 5.75 Å². The predicted molar refractivity (Wildman–Crippen MR) is 84.6 cm³/mol. The van der Waals surface area contributed by atoms with Crippen LogP contribution in [0.25, 0.3) is 0 Å². The molecule has 0 amide bonds. The molecule has 0 aromatic carbocycles. The molecule has 0 aliphatic heterocycles. The Balaban J connectivity index is 4.52. The Hall–Kier alpha value is 0.696. The van der Waals surface area contributed by atoms with Crippen LogP contribution in [0.4, 0.5) is 0 Å². The Morgan fingerprint density at radius 3 is 2.38 bits per heavy atom. The maximum absolute atomic E-state index is 3.96. The van der Waals surface area contributed by atoms with Crippen molar-refractivity contribution >= 4 is 39.2 Å². The van der Waals surface area contributed by atoms with E-state index in [1.54, 1.807) is 0 Å². The van der Waals surface area contributed by atoms with Crippen molar-refractivity contribution in [3.05, 3.63) is 12.7 Å². The monoisotopic (exact) mass is 322 g/mol. The van der Waals surface area contributed by atoms with Gasteiger partial charge in [0.1, 0.15) is 0 Å². The number of allylic oxidation sites excluding steroid dienone is 1. The van der Waals surface area contributed by atoms with Crippen LogP contribution in [-0.4, -0.2) is 33.2 Å². The molecule has 0 nitrogen and oxygen atoms in total. The molecule has 0 N–H and O–H groups in total. The normalized spacial score (nSPS) is 15.6. The molecule has 0 unspecified atom stereocenters. The van der Waals surface area contributed by atoms with Crippen LogP contribution in [0.2, 0.25) is 25.2 Å². The molecule has 0 spiro atoms. The van der Waals surface area contributed by atoms with E-state index in [0.29, 0.717) is 11.5 Å². The van der Waals surface area contributed by atoms with Gasteiger partial charge in [0.05, 0.1) is 0 Å². The molecule has 0 aliphatic carbocycles. The third kappa shape index (κ3) is 5.86. The molecule has 94 valence electrons. The summed E-state index contributed by atoms with van der Waals surface area (Å²) < 4.78 is 1.51. The van der Waals surface area contributed by atoms with Crippen LogP contribution in [0, 0.1) is 5.92 Å². The van der Waals surface area contributed by atoms with Crippen molar-refractivity contribution in [1.82, 2.24) is 0 Å². The third-order valence-corrected chi connectivity index (χ3v) is 8.49. The van der Waals surface area contributed by atoms with Crippen molar-refractivity contribution in [1.29, 1.82) is 0 Å². The SMILES string of the molecule is C=C[C@H](C)[C@H](C(=[Se])SCCCC)[Si](C)(C)C. The molecular formula is C13H26SSeSi. The summed E-state index contributed by atoms with van der Waals surface area (Å²) in [6.07, 6.45) is 4.71. The zero-order valence-corrected chi connectivity index (χ0v) is 14.9. The molecular weight excluding hydrogens is 295 g/mol. The fourth-order valence-electron chi connectivity index (χ4n) is 1.90. The first-order valence-corrected chi connectivity index (χ1v) is 11.6. The Bertz CT molecular complexity index is 233. The molecule has 0 saturated carbocycles. The van der Waals surface area contributed by atoms with Gasteiger partial charge < -0.3 is 0 Å². The molecule has 0 bridgehead atoms. The van der Waals surface area contributed by atoms with Crippen LogP contribution in [-0.2, 0) is 0 Å². The molecule has 0 radical (unpaired) electrons. The summed E-state index contributed by atoms with van der Waals surface area (Å²) in [6, 6.07) is 0. The van der Waals surface area contributed by atoms with Crippen LogP contribution in [0.5, 0.6) is 0 Å². The maximum atomic E-state index is 3.96. The fourth-order valence-corrected chi connectivity index (χ4v) is 9.86. The minimum absolute atomic E-state index is 0.594. The van der Waals surface area contributed by atoms with Crippen LogP contribution in [0.1, 0.15) is 26.7 Å². The van der Waals surface area contributed by atoms with Gasteiger partial charge in [-0.15, -0.1) is 0 Å². The second-order valence-corrected chi connectivity index (χ2v) is 13.5. The van der Waals surface area contributed by atoms with E-state index < -0.39 is 8.07 Å². The van der Waals surface area contributed by atoms with Gasteiger partial charge in [0.15, 0.2) is 0 Å². The van der Waals surface area contributed by atoms with Crippen LogP contribution in [0.3, 0.4) is 0 Å². The van der Waals surface area contributed by atoms with Gasteiger partial charge in [-0.1, -0.05) is 0 Å². The first-order chi connectivity index (χ1) is 7.34. The molecule has 0 aromatic heterocycles. The van der Waals surface area contributed by atoms with Gasteiger partial charge in [-0.05, 0) is 0 Å². The number of hydrogen-bond donors (Lipinski definition) is 0. The minimum atomic E-state index is -1.15. The summed E-state index contributed by atoms with van der Waals surface area (Å²) in [4.78, 5) is 0. The summed E-state index contributed by atoms with van der Waals surface area (Å²) >= 11 is 5.35. The predicted octanol–water partition coefficient (Wildman–Crippen LogP) is 4.35. The topological polar surface area (TPSA) is 0 Å². The summed E-state index contributed by atoms with van der Waals surface area (Å²) in [5.74, 6) is 1.85. The number of rotatable bonds is 8. The fraction of sp³-hybridized carbons (Fsp3) is 0.769. The van der Waals surface area contributed by atoms with Crippen molar-refractivity contribution in [2.45, 2.75) is 51.9 Å². The number of thioether (sulfide) groups is 1. The van der Waals surface area contributed by atoms with E-state index >= 15 is 0 Å². The summed E-state index contributed by atoms with van der Waals surface area (Å²) in [7, 11) is -1.15. The van der Waals surface area contributed by atoms with Crippen molar-refractivity contribution in [3.63, 3.8) is 0 Å². The summed E-state index contributed by atoms with van der Waals surface area (Å²) in [6.45, 7) is 15.9. The molecule has 16 heavy (non-hydrogen) atoms. The van der Waals surface area contributed by atoms with Crippen molar-refractivity contribution < 1.29 is 0 Å². The average Bonchev–Trinajstić information content (AvgIpc) is 2.16. The second-order valence-electron chi connectivity index (χ2n) is 5.46. The van der Waals surface area contributed by atoms with Crippen molar-refractivity contribution in [3.8, 4) is 0 Å². The second kappa shape index (κ2) is 7.91. The van der Waals surface area contributed by atoms with Gasteiger partial charge in [0.25, 0.3) is 0 Å². The van der Waals surface area contributed by atoms with E-state index in [1.165, 1.54) is 22.3 Å². The molecule has 0 aromatic rings. The van der Waals surface area contributed by atoms with Crippen LogP contribution >= 0.6 is 11.8 Å². The Morgan fingerprint density at radius 2 is 2.00 bits per heavy atom. The number of hydrogen-bond acceptors (Lipinski definition) is 1. The first kappa shape index (κ1) is 16.7. The molecule has 0 rings (SSSR count). The van der Waals surface area contributed by atoms with Crippen molar-refractivity contribution in [2.24, 2.45) is 5.92 Å². The molecule has 2 atom stereocenters. The first-order valence-electron chi connectivity index (χ1n) is 6.13. The standard InChI is InChI=1S/C13H26SSeSi/c1-7-9-10-14-13(15)12(11(3)8-2)16(4,5)6/h8,11-12H,2,7,9-10H2,1,3-6H3/t11-,12+/m0/s1. The molecule has 0 saturated heterocycles. The van der Waals surface area contributed by atoms with Gasteiger partial charge in [-0.3, -0.25) is 0 Å².